The Kier molecular flexibility index (Phi) is 6.17. The molecule has 2 aromatic carbocycles. The van der Waals surface area contributed by atoms with Gasteiger partial charge in [0.15, 0.2) is 0 Å². The predicted molar refractivity (Wildman–Crippen MR) is 131 cm³/mol. The minimum Gasteiger partial charge on any atom is -0.465 e. The van der Waals surface area contributed by atoms with E-state index in [9.17, 15) is 9.59 Å². The third kappa shape index (κ3) is 4.15. The van der Waals surface area contributed by atoms with Crippen molar-refractivity contribution in [2.75, 3.05) is 26.7 Å². The Balaban J connectivity index is 1.54. The first-order valence-electron chi connectivity index (χ1n) is 11.6. The monoisotopic (exact) mass is 463 g/mol. The maximum Gasteiger partial charge on any atom is 0.339 e. The molecule has 0 spiro atoms. The zero-order valence-electron chi connectivity index (χ0n) is 19.1. The summed E-state index contributed by atoms with van der Waals surface area (Å²) in [6.07, 6.45) is 3.03. The number of carbonyl (C=O) groups excluding carboxylic acids is 2. The van der Waals surface area contributed by atoms with Crippen molar-refractivity contribution in [2.45, 2.75) is 37.6 Å². The van der Waals surface area contributed by atoms with Gasteiger partial charge in [0.25, 0.3) is 5.91 Å². The van der Waals surface area contributed by atoms with Gasteiger partial charge in [-0.05, 0) is 66.6 Å². The topological polar surface area (TPSA) is 63.6 Å². The maximum absolute atomic E-state index is 13.2. The van der Waals surface area contributed by atoms with Crippen molar-refractivity contribution >= 4 is 34.7 Å². The summed E-state index contributed by atoms with van der Waals surface area (Å²) in [6.45, 7) is 5.60. The van der Waals surface area contributed by atoms with Crippen LogP contribution in [0.4, 0.5) is 0 Å². The van der Waals surface area contributed by atoms with Gasteiger partial charge in [-0.2, -0.15) is 0 Å². The second kappa shape index (κ2) is 9.23. The molecule has 6 nitrogen and oxygen atoms in total. The van der Waals surface area contributed by atoms with Crippen molar-refractivity contribution in [1.29, 1.82) is 0 Å². The number of ether oxygens (including phenoxy) is 1. The van der Waals surface area contributed by atoms with Crippen LogP contribution in [0.25, 0.3) is 10.9 Å². The molecule has 0 unspecified atom stereocenters. The van der Waals surface area contributed by atoms with Gasteiger partial charge in [-0.3, -0.25) is 8.77 Å². The molecule has 1 saturated heterocycles. The van der Waals surface area contributed by atoms with Crippen molar-refractivity contribution in [3.63, 3.8) is 0 Å². The first kappa shape index (κ1) is 22.0. The van der Waals surface area contributed by atoms with Gasteiger partial charge in [0.1, 0.15) is 0 Å². The highest BCUT2D eigenvalue weighted by molar-refractivity contribution is 7.98. The second-order valence-corrected chi connectivity index (χ2v) is 9.92. The van der Waals surface area contributed by atoms with Crippen LogP contribution in [0.2, 0.25) is 0 Å². The molecule has 1 amide bonds. The van der Waals surface area contributed by atoms with E-state index in [1.807, 2.05) is 29.2 Å². The largest absolute Gasteiger partial charge is 0.465 e. The zero-order valence-corrected chi connectivity index (χ0v) is 19.9. The molecule has 5 rings (SSSR count). The molecule has 33 heavy (non-hydrogen) atoms. The van der Waals surface area contributed by atoms with E-state index in [1.54, 1.807) is 18.0 Å². The Morgan fingerprint density at radius 2 is 1.91 bits per heavy atom. The number of amides is 1. The van der Waals surface area contributed by atoms with E-state index < -0.39 is 0 Å². The maximum atomic E-state index is 13.2. The molecule has 1 N–H and O–H groups in total. The molecule has 0 aliphatic carbocycles. The highest BCUT2D eigenvalue weighted by Crippen LogP contribution is 2.37. The smallest absolute Gasteiger partial charge is 0.339 e. The summed E-state index contributed by atoms with van der Waals surface area (Å²) < 4.78 is 7.22. The number of aromatic nitrogens is 1. The second-order valence-electron chi connectivity index (χ2n) is 8.93. The van der Waals surface area contributed by atoms with Crippen molar-refractivity contribution in [3.8, 4) is 0 Å². The van der Waals surface area contributed by atoms with Crippen LogP contribution in [0.15, 0.2) is 47.4 Å². The molecular formula is C26H29N3O3S. The average Bonchev–Trinajstić information content (AvgIpc) is 3.17. The zero-order chi connectivity index (χ0) is 22.9. The lowest BCUT2D eigenvalue weighted by molar-refractivity contribution is 0.0596. The lowest BCUT2D eigenvalue weighted by Gasteiger charge is -2.30. The van der Waals surface area contributed by atoms with Crippen LogP contribution < -0.4 is 5.32 Å². The molecule has 2 aliphatic heterocycles. The average molecular weight is 464 g/mol. The number of carbonyl (C=O) groups is 2. The molecule has 0 bridgehead atoms. The molecule has 0 saturated carbocycles. The number of rotatable bonds is 4. The fraction of sp³-hybridized carbons (Fsp3) is 0.385. The van der Waals surface area contributed by atoms with Gasteiger partial charge in [-0.15, -0.1) is 0 Å². The number of esters is 1. The number of methoxy groups -OCH3 is 1. The molecule has 172 valence electrons. The minimum absolute atomic E-state index is 0.123. The molecule has 1 aromatic heterocycles. The molecule has 3 aromatic rings. The van der Waals surface area contributed by atoms with Crippen LogP contribution in [0.5, 0.6) is 0 Å². The predicted octanol–water partition coefficient (Wildman–Crippen LogP) is 4.50. The summed E-state index contributed by atoms with van der Waals surface area (Å²) in [4.78, 5) is 28.4. The summed E-state index contributed by atoms with van der Waals surface area (Å²) in [5.41, 5.74) is 4.85. The number of hydrogen-bond acceptors (Lipinski definition) is 5. The number of fused-ring (bicyclic) bond motifs is 3. The number of piperidine rings is 1. The van der Waals surface area contributed by atoms with Crippen LogP contribution >= 0.6 is 11.9 Å². The van der Waals surface area contributed by atoms with E-state index in [0.717, 1.165) is 66.8 Å². The summed E-state index contributed by atoms with van der Waals surface area (Å²) in [5.74, 6) is 0.472. The van der Waals surface area contributed by atoms with Crippen molar-refractivity contribution < 1.29 is 14.3 Å². The molecule has 3 heterocycles. The van der Waals surface area contributed by atoms with Gasteiger partial charge in [-0.25, -0.2) is 4.79 Å². The fourth-order valence-corrected chi connectivity index (χ4v) is 5.96. The van der Waals surface area contributed by atoms with Gasteiger partial charge in [0.2, 0.25) is 0 Å². The van der Waals surface area contributed by atoms with Crippen LogP contribution in [-0.4, -0.2) is 47.5 Å². The van der Waals surface area contributed by atoms with E-state index in [4.69, 9.17) is 4.74 Å². The normalized spacial score (nSPS) is 16.6. The number of hydrogen-bond donors (Lipinski definition) is 1. The molecule has 0 radical (unpaired) electrons. The van der Waals surface area contributed by atoms with Crippen LogP contribution in [0.3, 0.4) is 0 Å². The quantitative estimate of drug-likeness (QED) is 0.577. The van der Waals surface area contributed by atoms with Gasteiger partial charge in [-0.1, -0.05) is 19.1 Å². The summed E-state index contributed by atoms with van der Waals surface area (Å²) >= 11 is 1.54. The van der Waals surface area contributed by atoms with Crippen LogP contribution in [0.1, 0.15) is 51.7 Å². The van der Waals surface area contributed by atoms with Crippen LogP contribution in [0, 0.1) is 5.92 Å². The van der Waals surface area contributed by atoms with E-state index in [2.05, 4.69) is 28.3 Å². The molecular weight excluding hydrogens is 434 g/mol. The third-order valence-corrected chi connectivity index (χ3v) is 7.93. The summed E-state index contributed by atoms with van der Waals surface area (Å²) in [5, 5.41) is 4.58. The van der Waals surface area contributed by atoms with Gasteiger partial charge in [0.05, 0.1) is 18.2 Å². The Hall–Kier alpha value is -2.77. The van der Waals surface area contributed by atoms with E-state index in [1.165, 1.54) is 18.4 Å². The number of nitrogens with one attached hydrogen (secondary N) is 1. The highest BCUT2D eigenvalue weighted by atomic mass is 32.2. The Morgan fingerprint density at radius 1 is 1.12 bits per heavy atom. The van der Waals surface area contributed by atoms with Crippen molar-refractivity contribution in [2.24, 2.45) is 5.92 Å². The van der Waals surface area contributed by atoms with E-state index in [0.29, 0.717) is 11.5 Å². The lowest BCUT2D eigenvalue weighted by Crippen LogP contribution is -2.37. The molecule has 1 fully saturated rings. The summed E-state index contributed by atoms with van der Waals surface area (Å²) in [7, 11) is 1.41. The fourth-order valence-electron chi connectivity index (χ4n) is 4.80. The van der Waals surface area contributed by atoms with Gasteiger partial charge in [0, 0.05) is 54.1 Å². The lowest BCUT2D eigenvalue weighted by atomic mass is 9.98. The number of likely N-dealkylation sites (tertiary alicyclic amines) is 1. The Morgan fingerprint density at radius 3 is 2.70 bits per heavy atom. The first-order chi connectivity index (χ1) is 16.1. The molecule has 0 atom stereocenters. The van der Waals surface area contributed by atoms with Crippen molar-refractivity contribution in [3.05, 3.63) is 64.8 Å². The Labute approximate surface area is 198 Å². The molecule has 2 aliphatic rings. The van der Waals surface area contributed by atoms with E-state index >= 15 is 0 Å². The standard InChI is InChI=1S/C26H29N3O3S/c1-17-10-13-28(14-11-17)25(30)18-7-8-22-20(15-18)21-16-27-12-9-23(21)29(22)33-24-6-4-3-5-19(24)26(31)32-2/h3-8,15,17,27H,9-14,16H2,1-2H3. The minimum atomic E-state index is -0.339. The number of benzene rings is 2. The first-order valence-corrected chi connectivity index (χ1v) is 12.4. The highest BCUT2D eigenvalue weighted by Gasteiger charge is 2.25. The Bertz CT molecular complexity index is 1210. The number of nitrogens with zero attached hydrogens (tertiary/aromatic N) is 2. The summed E-state index contributed by atoms with van der Waals surface area (Å²) in [6, 6.07) is 13.6. The molecule has 7 heteroatoms. The SMILES string of the molecule is COC(=O)c1ccccc1Sn1c2c(c3cc(C(=O)N4CCC(C)CC4)ccc31)CNCC2. The van der Waals surface area contributed by atoms with Gasteiger partial charge < -0.3 is 15.0 Å². The van der Waals surface area contributed by atoms with Crippen LogP contribution in [-0.2, 0) is 17.7 Å². The van der Waals surface area contributed by atoms with Crippen molar-refractivity contribution in [1.82, 2.24) is 14.2 Å². The third-order valence-electron chi connectivity index (χ3n) is 6.77. The van der Waals surface area contributed by atoms with Gasteiger partial charge >= 0.3 is 5.97 Å². The van der Waals surface area contributed by atoms with E-state index in [-0.39, 0.29) is 11.9 Å².